The smallest absolute Gasteiger partial charge is 0.217 e. The van der Waals surface area contributed by atoms with Crippen LogP contribution in [-0.4, -0.2) is 147 Å². The Hall–Kier alpha value is -1.05. The highest BCUT2D eigenvalue weighted by molar-refractivity contribution is 5.73. The largest absolute Gasteiger partial charge is 0.394 e. The summed E-state index contributed by atoms with van der Waals surface area (Å²) in [7, 11) is 1.28. The molecular formula is C21H37NO14. The molecule has 0 unspecified atom stereocenters. The summed E-state index contributed by atoms with van der Waals surface area (Å²) in [6.07, 6.45) is -19.0. The Bertz CT molecular complexity index is 731. The van der Waals surface area contributed by atoms with Crippen molar-refractivity contribution in [3.8, 4) is 0 Å². The molecule has 1 amide bonds. The zero-order valence-electron chi connectivity index (χ0n) is 20.4. The zero-order valence-corrected chi connectivity index (χ0v) is 20.4. The minimum Gasteiger partial charge on any atom is -0.394 e. The normalized spacial score (nSPS) is 50.0. The number of hydrogen-bond donors (Lipinski definition) is 8. The molecule has 3 heterocycles. The van der Waals surface area contributed by atoms with E-state index < -0.39 is 105 Å². The Morgan fingerprint density at radius 2 is 1.39 bits per heavy atom. The molecule has 0 bridgehead atoms. The van der Waals surface area contributed by atoms with E-state index >= 15 is 0 Å². The Balaban J connectivity index is 1.89. The summed E-state index contributed by atoms with van der Waals surface area (Å²) in [4.78, 5) is 11.8. The molecule has 0 aliphatic carbocycles. The highest BCUT2D eigenvalue weighted by Gasteiger charge is 2.53. The van der Waals surface area contributed by atoms with Gasteiger partial charge < -0.3 is 69.5 Å². The van der Waals surface area contributed by atoms with Crippen molar-refractivity contribution in [2.24, 2.45) is 0 Å². The van der Waals surface area contributed by atoms with E-state index in [0.717, 1.165) is 0 Å². The minimum atomic E-state index is -1.65. The Labute approximate surface area is 207 Å². The van der Waals surface area contributed by atoms with Crippen molar-refractivity contribution in [1.29, 1.82) is 0 Å². The van der Waals surface area contributed by atoms with Crippen LogP contribution >= 0.6 is 0 Å². The maximum Gasteiger partial charge on any atom is 0.217 e. The van der Waals surface area contributed by atoms with Crippen molar-refractivity contribution < 1.29 is 69.0 Å². The lowest BCUT2D eigenvalue weighted by Crippen LogP contribution is -2.68. The lowest BCUT2D eigenvalue weighted by atomic mass is 9.95. The second kappa shape index (κ2) is 12.2. The van der Waals surface area contributed by atoms with Crippen molar-refractivity contribution in [2.45, 2.75) is 113 Å². The fraction of sp³-hybridized carbons (Fsp3) is 0.952. The molecule has 0 spiro atoms. The molecule has 210 valence electrons. The van der Waals surface area contributed by atoms with Crippen molar-refractivity contribution >= 4 is 5.91 Å². The number of methoxy groups -OCH3 is 1. The minimum absolute atomic E-state index is 0.579. The molecule has 0 aromatic rings. The van der Waals surface area contributed by atoms with Gasteiger partial charge in [-0.15, -0.1) is 0 Å². The fourth-order valence-electron chi connectivity index (χ4n) is 4.57. The maximum absolute atomic E-state index is 11.8. The third-order valence-electron chi connectivity index (χ3n) is 6.67. The van der Waals surface area contributed by atoms with E-state index in [-0.39, 0.29) is 0 Å². The third-order valence-corrected chi connectivity index (χ3v) is 6.67. The van der Waals surface area contributed by atoms with Gasteiger partial charge in [0, 0.05) is 14.0 Å². The molecule has 0 aromatic carbocycles. The van der Waals surface area contributed by atoms with Gasteiger partial charge in [0.1, 0.15) is 61.0 Å². The lowest BCUT2D eigenvalue weighted by Gasteiger charge is -2.49. The zero-order chi connectivity index (χ0) is 26.9. The molecule has 15 atom stereocenters. The van der Waals surface area contributed by atoms with Crippen molar-refractivity contribution in [3.63, 3.8) is 0 Å². The quantitative estimate of drug-likeness (QED) is 0.156. The number of carbonyl (C=O) groups is 1. The number of aliphatic hydroxyl groups excluding tert-OH is 7. The van der Waals surface area contributed by atoms with E-state index in [1.165, 1.54) is 27.9 Å². The number of amides is 1. The highest BCUT2D eigenvalue weighted by Crippen LogP contribution is 2.33. The molecular weight excluding hydrogens is 490 g/mol. The SMILES string of the molecule is CO[C@@H]1[C@@H](O)[C@H](C)O[C@@H](O[C@@H]2[C@H](O)[C@@H](O)[C@H](C)O[C@H]2O)[C@@H]1O[C@@H]1O[C@H](CO)[C@@H](O)[C@H](O)[C@H]1NC(C)=O. The van der Waals surface area contributed by atoms with Gasteiger partial charge in [-0.25, -0.2) is 0 Å². The fourth-order valence-corrected chi connectivity index (χ4v) is 4.57. The first kappa shape index (κ1) is 29.5. The van der Waals surface area contributed by atoms with Gasteiger partial charge in [-0.2, -0.15) is 0 Å². The van der Waals surface area contributed by atoms with Crippen LogP contribution in [0.15, 0.2) is 0 Å². The second-order valence-corrected chi connectivity index (χ2v) is 9.25. The molecule has 15 nitrogen and oxygen atoms in total. The Morgan fingerprint density at radius 1 is 0.778 bits per heavy atom. The lowest BCUT2D eigenvalue weighted by molar-refractivity contribution is -0.382. The van der Waals surface area contributed by atoms with Crippen LogP contribution < -0.4 is 5.32 Å². The topological polar surface area (TPSA) is 226 Å². The summed E-state index contributed by atoms with van der Waals surface area (Å²) in [6.45, 7) is 3.46. The molecule has 15 heteroatoms. The predicted molar refractivity (Wildman–Crippen MR) is 115 cm³/mol. The van der Waals surface area contributed by atoms with Gasteiger partial charge in [0.25, 0.3) is 0 Å². The highest BCUT2D eigenvalue weighted by atomic mass is 16.8. The summed E-state index contributed by atoms with van der Waals surface area (Å²) in [5.41, 5.74) is 0. The van der Waals surface area contributed by atoms with Gasteiger partial charge in [0.2, 0.25) is 5.91 Å². The van der Waals surface area contributed by atoms with Crippen LogP contribution in [0.1, 0.15) is 20.8 Å². The van der Waals surface area contributed by atoms with Crippen LogP contribution in [0.4, 0.5) is 0 Å². The molecule has 3 saturated heterocycles. The van der Waals surface area contributed by atoms with Crippen LogP contribution in [0.3, 0.4) is 0 Å². The average molecular weight is 528 g/mol. The van der Waals surface area contributed by atoms with E-state index in [4.69, 9.17) is 28.4 Å². The van der Waals surface area contributed by atoms with Crippen LogP contribution in [0.5, 0.6) is 0 Å². The molecule has 3 aliphatic rings. The monoisotopic (exact) mass is 527 g/mol. The molecule has 3 aliphatic heterocycles. The Kier molecular flexibility index (Phi) is 10.0. The number of aliphatic hydroxyl groups is 7. The van der Waals surface area contributed by atoms with Gasteiger partial charge in [0.15, 0.2) is 18.9 Å². The van der Waals surface area contributed by atoms with Crippen LogP contribution in [0.25, 0.3) is 0 Å². The van der Waals surface area contributed by atoms with Crippen molar-refractivity contribution in [3.05, 3.63) is 0 Å². The molecule has 3 fully saturated rings. The molecule has 0 aromatic heterocycles. The standard InChI is InChI=1S/C21H37NO14/c1-6-11(25)15(29)17(19(30)32-6)35-21-18(16(31-4)12(26)7(2)33-21)36-20-10(22-8(3)24)14(28)13(27)9(5-23)34-20/h6-7,9-21,23,25-30H,5H2,1-4H3,(H,22,24)/t6-,7-,9+,10+,11-,12-,13+,14+,15+,16+,17+,18+,19+,20-,21-/m0/s1. The van der Waals surface area contributed by atoms with E-state index in [2.05, 4.69) is 5.32 Å². The van der Waals surface area contributed by atoms with E-state index in [1.54, 1.807) is 0 Å². The molecule has 8 N–H and O–H groups in total. The van der Waals surface area contributed by atoms with Gasteiger partial charge in [-0.1, -0.05) is 0 Å². The molecule has 0 radical (unpaired) electrons. The van der Waals surface area contributed by atoms with Gasteiger partial charge in [-0.05, 0) is 13.8 Å². The first-order chi connectivity index (χ1) is 16.9. The predicted octanol–water partition coefficient (Wildman–Crippen LogP) is -4.72. The van der Waals surface area contributed by atoms with Gasteiger partial charge in [-0.3, -0.25) is 4.79 Å². The summed E-state index contributed by atoms with van der Waals surface area (Å²) in [5, 5.41) is 74.4. The Morgan fingerprint density at radius 3 is 1.97 bits per heavy atom. The van der Waals surface area contributed by atoms with Crippen LogP contribution in [0.2, 0.25) is 0 Å². The molecule has 36 heavy (non-hydrogen) atoms. The summed E-state index contributed by atoms with van der Waals surface area (Å²) in [5.74, 6) is -0.579. The van der Waals surface area contributed by atoms with Crippen LogP contribution in [0, 0.1) is 0 Å². The van der Waals surface area contributed by atoms with Crippen LogP contribution in [-0.2, 0) is 33.2 Å². The first-order valence-electron chi connectivity index (χ1n) is 11.7. The number of carbonyl (C=O) groups excluding carboxylic acids is 1. The number of nitrogens with one attached hydrogen (secondary N) is 1. The molecule has 0 saturated carbocycles. The summed E-state index contributed by atoms with van der Waals surface area (Å²) in [6, 6.07) is -1.31. The number of hydrogen-bond acceptors (Lipinski definition) is 14. The average Bonchev–Trinajstić information content (AvgIpc) is 2.82. The third kappa shape index (κ3) is 5.99. The first-order valence-corrected chi connectivity index (χ1v) is 11.7. The van der Waals surface area contributed by atoms with Crippen molar-refractivity contribution in [1.82, 2.24) is 5.32 Å². The molecule has 3 rings (SSSR count). The van der Waals surface area contributed by atoms with E-state index in [0.29, 0.717) is 0 Å². The second-order valence-electron chi connectivity index (χ2n) is 9.25. The summed E-state index contributed by atoms with van der Waals surface area (Å²) < 4.78 is 33.7. The summed E-state index contributed by atoms with van der Waals surface area (Å²) >= 11 is 0. The van der Waals surface area contributed by atoms with Gasteiger partial charge >= 0.3 is 0 Å². The van der Waals surface area contributed by atoms with E-state index in [1.807, 2.05) is 0 Å². The van der Waals surface area contributed by atoms with Crippen molar-refractivity contribution in [2.75, 3.05) is 13.7 Å². The van der Waals surface area contributed by atoms with E-state index in [9.17, 15) is 40.5 Å². The number of ether oxygens (including phenoxy) is 6. The van der Waals surface area contributed by atoms with Gasteiger partial charge in [0.05, 0.1) is 18.8 Å². The maximum atomic E-state index is 11.8. The number of rotatable bonds is 7.